The fraction of sp³-hybridized carbons (Fsp3) is 0.500. The summed E-state index contributed by atoms with van der Waals surface area (Å²) in [5.74, 6) is -0.667. The summed E-state index contributed by atoms with van der Waals surface area (Å²) < 4.78 is 49.7. The Kier molecular flexibility index (Phi) is 4.07. The van der Waals surface area contributed by atoms with E-state index in [9.17, 15) is 12.8 Å². The molecule has 0 aliphatic carbocycles. The van der Waals surface area contributed by atoms with Gasteiger partial charge < -0.3 is 9.47 Å². The standard InChI is InChI=1S/C12H16FNO4S/c1-9-8-14(5-6-18-9)19(15,16)10-3-4-12(17-2)11(13)7-10/h3-4,7,9H,5-6,8H2,1-2H3/t9-/m1/s1. The van der Waals surface area contributed by atoms with Crippen LogP contribution in [0.2, 0.25) is 0 Å². The first kappa shape index (κ1) is 14.2. The minimum Gasteiger partial charge on any atom is -0.494 e. The number of halogens is 1. The number of rotatable bonds is 3. The normalized spacial score (nSPS) is 21.3. The van der Waals surface area contributed by atoms with Gasteiger partial charge in [-0.2, -0.15) is 4.31 Å². The first-order chi connectivity index (χ1) is 8.95. The Balaban J connectivity index is 2.31. The number of sulfonamides is 1. The molecule has 1 aromatic rings. The number of benzene rings is 1. The lowest BCUT2D eigenvalue weighted by Crippen LogP contribution is -2.44. The lowest BCUT2D eigenvalue weighted by molar-refractivity contribution is 0.0102. The van der Waals surface area contributed by atoms with Gasteiger partial charge in [0.25, 0.3) is 0 Å². The molecule has 19 heavy (non-hydrogen) atoms. The van der Waals surface area contributed by atoms with E-state index in [-0.39, 0.29) is 29.8 Å². The molecule has 0 amide bonds. The van der Waals surface area contributed by atoms with Gasteiger partial charge in [0.15, 0.2) is 11.6 Å². The van der Waals surface area contributed by atoms with Crippen LogP contribution in [0.3, 0.4) is 0 Å². The van der Waals surface area contributed by atoms with Crippen LogP contribution in [-0.2, 0) is 14.8 Å². The van der Waals surface area contributed by atoms with Gasteiger partial charge in [-0.05, 0) is 25.1 Å². The van der Waals surface area contributed by atoms with Crippen LogP contribution in [0.5, 0.6) is 5.75 Å². The van der Waals surface area contributed by atoms with Gasteiger partial charge in [-0.25, -0.2) is 12.8 Å². The second-order valence-corrected chi connectivity index (χ2v) is 6.28. The SMILES string of the molecule is COc1ccc(S(=O)(=O)N2CCO[C@H](C)C2)cc1F. The van der Waals surface area contributed by atoms with Gasteiger partial charge in [0, 0.05) is 13.1 Å². The largest absolute Gasteiger partial charge is 0.494 e. The molecule has 0 bridgehead atoms. The van der Waals surface area contributed by atoms with Crippen LogP contribution in [0.1, 0.15) is 6.92 Å². The number of nitrogens with zero attached hydrogens (tertiary/aromatic N) is 1. The Hall–Kier alpha value is -1.18. The van der Waals surface area contributed by atoms with Gasteiger partial charge in [0.05, 0.1) is 24.7 Å². The molecule has 1 saturated heterocycles. The number of methoxy groups -OCH3 is 1. The van der Waals surface area contributed by atoms with Crippen molar-refractivity contribution in [2.75, 3.05) is 26.8 Å². The molecule has 1 heterocycles. The summed E-state index contributed by atoms with van der Waals surface area (Å²) in [6.07, 6.45) is -0.161. The van der Waals surface area contributed by atoms with E-state index >= 15 is 0 Å². The van der Waals surface area contributed by atoms with Crippen LogP contribution in [0, 0.1) is 5.82 Å². The molecule has 1 fully saturated rings. The van der Waals surface area contributed by atoms with Crippen molar-refractivity contribution in [2.45, 2.75) is 17.9 Å². The molecule has 0 radical (unpaired) electrons. The van der Waals surface area contributed by atoms with Crippen LogP contribution < -0.4 is 4.74 Å². The van der Waals surface area contributed by atoms with Gasteiger partial charge in [0.1, 0.15) is 0 Å². The quantitative estimate of drug-likeness (QED) is 0.840. The summed E-state index contributed by atoms with van der Waals surface area (Å²) in [5.41, 5.74) is 0. The zero-order valence-electron chi connectivity index (χ0n) is 10.8. The lowest BCUT2D eigenvalue weighted by atomic mass is 10.3. The van der Waals surface area contributed by atoms with Crippen molar-refractivity contribution in [3.63, 3.8) is 0 Å². The molecule has 1 aliphatic heterocycles. The molecule has 106 valence electrons. The highest BCUT2D eigenvalue weighted by atomic mass is 32.2. The molecule has 0 unspecified atom stereocenters. The van der Waals surface area contributed by atoms with Crippen molar-refractivity contribution in [2.24, 2.45) is 0 Å². The van der Waals surface area contributed by atoms with Crippen molar-refractivity contribution in [1.29, 1.82) is 0 Å². The minimum atomic E-state index is -3.68. The summed E-state index contributed by atoms with van der Waals surface area (Å²) in [6.45, 7) is 2.70. The van der Waals surface area contributed by atoms with E-state index in [0.717, 1.165) is 6.07 Å². The summed E-state index contributed by atoms with van der Waals surface area (Å²) in [6, 6.07) is 3.64. The van der Waals surface area contributed by atoms with Crippen LogP contribution in [-0.4, -0.2) is 45.6 Å². The summed E-state index contributed by atoms with van der Waals surface area (Å²) in [4.78, 5) is -0.0695. The van der Waals surface area contributed by atoms with Crippen molar-refractivity contribution in [3.05, 3.63) is 24.0 Å². The van der Waals surface area contributed by atoms with E-state index < -0.39 is 15.8 Å². The Labute approximate surface area is 112 Å². The van der Waals surface area contributed by atoms with Crippen molar-refractivity contribution >= 4 is 10.0 Å². The predicted molar refractivity (Wildman–Crippen MR) is 67.1 cm³/mol. The molecule has 7 heteroatoms. The molecule has 0 aromatic heterocycles. The first-order valence-corrected chi connectivity index (χ1v) is 7.34. The average Bonchev–Trinajstić information content (AvgIpc) is 2.38. The number of hydrogen-bond acceptors (Lipinski definition) is 4. The molecule has 1 aromatic carbocycles. The smallest absolute Gasteiger partial charge is 0.243 e. The summed E-state index contributed by atoms with van der Waals surface area (Å²) >= 11 is 0. The molecule has 5 nitrogen and oxygen atoms in total. The zero-order chi connectivity index (χ0) is 14.0. The second-order valence-electron chi connectivity index (χ2n) is 4.34. The fourth-order valence-corrected chi connectivity index (χ4v) is 3.47. The van der Waals surface area contributed by atoms with E-state index in [4.69, 9.17) is 9.47 Å². The number of morpholine rings is 1. The van der Waals surface area contributed by atoms with Crippen LogP contribution in [0.25, 0.3) is 0 Å². The van der Waals surface area contributed by atoms with Crippen molar-refractivity contribution < 1.29 is 22.3 Å². The molecule has 0 saturated carbocycles. The highest BCUT2D eigenvalue weighted by Crippen LogP contribution is 2.24. The maximum Gasteiger partial charge on any atom is 0.243 e. The highest BCUT2D eigenvalue weighted by molar-refractivity contribution is 7.89. The van der Waals surface area contributed by atoms with Crippen LogP contribution >= 0.6 is 0 Å². The van der Waals surface area contributed by atoms with E-state index in [1.54, 1.807) is 6.92 Å². The van der Waals surface area contributed by atoms with Gasteiger partial charge in [-0.3, -0.25) is 0 Å². The zero-order valence-corrected chi connectivity index (χ0v) is 11.6. The molecule has 0 N–H and O–H groups in total. The second kappa shape index (κ2) is 5.44. The first-order valence-electron chi connectivity index (χ1n) is 5.90. The monoisotopic (exact) mass is 289 g/mol. The van der Waals surface area contributed by atoms with Gasteiger partial charge in [-0.1, -0.05) is 0 Å². The summed E-state index contributed by atoms with van der Waals surface area (Å²) in [5, 5.41) is 0. The number of ether oxygens (including phenoxy) is 2. The molecular weight excluding hydrogens is 273 g/mol. The third kappa shape index (κ3) is 2.88. The highest BCUT2D eigenvalue weighted by Gasteiger charge is 2.29. The van der Waals surface area contributed by atoms with E-state index in [2.05, 4.69) is 0 Å². The van der Waals surface area contributed by atoms with E-state index in [1.165, 1.54) is 23.5 Å². The van der Waals surface area contributed by atoms with Crippen LogP contribution in [0.15, 0.2) is 23.1 Å². The third-order valence-corrected chi connectivity index (χ3v) is 4.83. The Morgan fingerprint density at radius 1 is 1.47 bits per heavy atom. The van der Waals surface area contributed by atoms with Crippen LogP contribution in [0.4, 0.5) is 4.39 Å². The van der Waals surface area contributed by atoms with Crippen molar-refractivity contribution in [3.8, 4) is 5.75 Å². The van der Waals surface area contributed by atoms with Crippen molar-refractivity contribution in [1.82, 2.24) is 4.31 Å². The molecular formula is C12H16FNO4S. The Bertz CT molecular complexity index is 561. The maximum atomic E-state index is 13.6. The number of hydrogen-bond donors (Lipinski definition) is 0. The minimum absolute atomic E-state index is 0.0225. The van der Waals surface area contributed by atoms with E-state index in [0.29, 0.717) is 6.61 Å². The molecule has 1 aliphatic rings. The topological polar surface area (TPSA) is 55.8 Å². The van der Waals surface area contributed by atoms with E-state index in [1.807, 2.05) is 0 Å². The summed E-state index contributed by atoms with van der Waals surface area (Å²) in [7, 11) is -2.36. The van der Waals surface area contributed by atoms with Gasteiger partial charge >= 0.3 is 0 Å². The Morgan fingerprint density at radius 3 is 2.79 bits per heavy atom. The third-order valence-electron chi connectivity index (χ3n) is 2.96. The molecule has 2 rings (SSSR count). The van der Waals surface area contributed by atoms with Gasteiger partial charge in [-0.15, -0.1) is 0 Å². The Morgan fingerprint density at radius 2 is 2.21 bits per heavy atom. The maximum absolute atomic E-state index is 13.6. The van der Waals surface area contributed by atoms with Gasteiger partial charge in [0.2, 0.25) is 10.0 Å². The lowest BCUT2D eigenvalue weighted by Gasteiger charge is -2.30. The molecule has 0 spiro atoms. The average molecular weight is 289 g/mol. The fourth-order valence-electron chi connectivity index (χ4n) is 1.96. The molecule has 1 atom stereocenters. The predicted octanol–water partition coefficient (Wildman–Crippen LogP) is 1.24.